The molecule has 0 saturated carbocycles. The van der Waals surface area contributed by atoms with Crippen LogP contribution in [0.4, 0.5) is 38.0 Å². The first-order valence-electron chi connectivity index (χ1n) is 17.5. The number of methoxy groups -OCH3 is 2. The number of carbonyl (C=O) groups is 1. The number of hydrogen-bond acceptors (Lipinski definition) is 9. The van der Waals surface area contributed by atoms with Crippen molar-refractivity contribution in [2.24, 2.45) is 0 Å². The molecule has 0 amide bonds. The number of aliphatic carboxylic acids is 1. The SMILES string of the molecule is COc1cc(CN(Cc2cc(C(F)(F)F)cc(C(F)(F)F)c2)c2ncc(N3CCOCC3)cn2)c(-c2cc(C(C)C)ccc2OC)cc1OCCCC(=O)O. The van der Waals surface area contributed by atoms with Crippen LogP contribution in [0.5, 0.6) is 17.2 Å². The van der Waals surface area contributed by atoms with E-state index in [1.54, 1.807) is 30.6 Å². The Morgan fingerprint density at radius 2 is 1.49 bits per heavy atom. The smallest absolute Gasteiger partial charge is 0.416 e. The number of morpholine rings is 1. The van der Waals surface area contributed by atoms with Crippen LogP contribution in [0.25, 0.3) is 11.1 Å². The van der Waals surface area contributed by atoms with Crippen molar-refractivity contribution in [2.75, 3.05) is 56.9 Å². The summed E-state index contributed by atoms with van der Waals surface area (Å²) in [6.07, 6.45) is -6.89. The Hall–Kier alpha value is -5.25. The summed E-state index contributed by atoms with van der Waals surface area (Å²) in [5, 5.41) is 9.12. The van der Waals surface area contributed by atoms with Crippen molar-refractivity contribution in [3.63, 3.8) is 0 Å². The molecule has 0 spiro atoms. The highest BCUT2D eigenvalue weighted by atomic mass is 19.4. The third kappa shape index (κ3) is 10.5. The van der Waals surface area contributed by atoms with Crippen LogP contribution in [0, 0.1) is 0 Å². The van der Waals surface area contributed by atoms with Crippen molar-refractivity contribution in [3.05, 3.63) is 88.7 Å². The van der Waals surface area contributed by atoms with Crippen LogP contribution in [-0.2, 0) is 35.0 Å². The Bertz CT molecular complexity index is 1900. The highest BCUT2D eigenvalue weighted by molar-refractivity contribution is 5.77. The molecule has 0 bridgehead atoms. The number of anilines is 2. The quantitative estimate of drug-likeness (QED) is 0.0932. The van der Waals surface area contributed by atoms with Crippen LogP contribution in [0.15, 0.2) is 60.9 Å². The van der Waals surface area contributed by atoms with E-state index < -0.39 is 36.0 Å². The third-order valence-corrected chi connectivity index (χ3v) is 9.03. The van der Waals surface area contributed by atoms with Crippen molar-refractivity contribution in [2.45, 2.75) is 58.0 Å². The topological polar surface area (TPSA) is 106 Å². The van der Waals surface area contributed by atoms with E-state index in [-0.39, 0.29) is 61.0 Å². The van der Waals surface area contributed by atoms with Gasteiger partial charge in [-0.15, -0.1) is 0 Å². The molecule has 55 heavy (non-hydrogen) atoms. The number of carboxylic acids is 1. The molecule has 16 heteroatoms. The van der Waals surface area contributed by atoms with Crippen LogP contribution < -0.4 is 24.0 Å². The lowest BCUT2D eigenvalue weighted by Gasteiger charge is -2.29. The maximum absolute atomic E-state index is 14.0. The van der Waals surface area contributed by atoms with Crippen LogP contribution in [0.3, 0.4) is 0 Å². The second-order valence-corrected chi connectivity index (χ2v) is 13.2. The number of benzene rings is 3. The van der Waals surface area contributed by atoms with Gasteiger partial charge in [0.1, 0.15) is 5.75 Å². The summed E-state index contributed by atoms with van der Waals surface area (Å²) in [6.45, 7) is 5.69. The molecule has 1 aliphatic heterocycles. The summed E-state index contributed by atoms with van der Waals surface area (Å²) >= 11 is 0. The van der Waals surface area contributed by atoms with Gasteiger partial charge in [0.2, 0.25) is 5.95 Å². The number of aromatic nitrogens is 2. The lowest BCUT2D eigenvalue weighted by molar-refractivity contribution is -0.143. The molecule has 1 aromatic heterocycles. The van der Waals surface area contributed by atoms with E-state index in [1.807, 2.05) is 30.9 Å². The highest BCUT2D eigenvalue weighted by Crippen LogP contribution is 2.42. The summed E-state index contributed by atoms with van der Waals surface area (Å²) in [7, 11) is 2.91. The summed E-state index contributed by atoms with van der Waals surface area (Å²) < 4.78 is 107. The molecule has 1 saturated heterocycles. The fourth-order valence-corrected chi connectivity index (χ4v) is 6.15. The van der Waals surface area contributed by atoms with Gasteiger partial charge in [0, 0.05) is 38.2 Å². The molecule has 1 aliphatic rings. The fourth-order valence-electron chi connectivity index (χ4n) is 6.15. The van der Waals surface area contributed by atoms with E-state index in [0.29, 0.717) is 66.6 Å². The summed E-state index contributed by atoms with van der Waals surface area (Å²) in [4.78, 5) is 23.7. The normalized spacial score (nSPS) is 13.5. The third-order valence-electron chi connectivity index (χ3n) is 9.03. The van der Waals surface area contributed by atoms with Crippen LogP contribution in [0.1, 0.15) is 60.4 Å². The van der Waals surface area contributed by atoms with E-state index >= 15 is 0 Å². The van der Waals surface area contributed by atoms with Gasteiger partial charge in [-0.3, -0.25) is 4.79 Å². The van der Waals surface area contributed by atoms with Crippen LogP contribution in [-0.4, -0.2) is 68.2 Å². The molecule has 0 atom stereocenters. The number of nitrogens with zero attached hydrogens (tertiary/aromatic N) is 4. The molecule has 3 aromatic carbocycles. The van der Waals surface area contributed by atoms with Gasteiger partial charge < -0.3 is 33.9 Å². The Labute approximate surface area is 314 Å². The monoisotopic (exact) mass is 776 g/mol. The zero-order valence-electron chi connectivity index (χ0n) is 30.8. The molecule has 0 aliphatic carbocycles. The van der Waals surface area contributed by atoms with Gasteiger partial charge in [-0.05, 0) is 77.1 Å². The summed E-state index contributed by atoms with van der Waals surface area (Å²) in [5.74, 6) is 0.203. The zero-order chi connectivity index (χ0) is 39.9. The van der Waals surface area contributed by atoms with Gasteiger partial charge in [0.05, 0.1) is 63.2 Å². The lowest BCUT2D eigenvalue weighted by atomic mass is 9.93. The fraction of sp³-hybridized carbons (Fsp3) is 0.410. The number of ether oxygens (including phenoxy) is 4. The van der Waals surface area contributed by atoms with E-state index in [4.69, 9.17) is 24.1 Å². The van der Waals surface area contributed by atoms with Crippen molar-refractivity contribution in [1.29, 1.82) is 0 Å². The molecule has 0 radical (unpaired) electrons. The molecule has 1 N–H and O–H groups in total. The van der Waals surface area contributed by atoms with Gasteiger partial charge in [0.15, 0.2) is 11.5 Å². The molecule has 5 rings (SSSR count). The maximum atomic E-state index is 14.0. The number of rotatable bonds is 15. The van der Waals surface area contributed by atoms with Crippen molar-refractivity contribution < 1.29 is 55.2 Å². The second-order valence-electron chi connectivity index (χ2n) is 13.2. The van der Waals surface area contributed by atoms with E-state index in [1.165, 1.54) is 19.1 Å². The largest absolute Gasteiger partial charge is 0.496 e. The standard InChI is InChI=1S/C39H42F6N4O6/c1-24(2)26-7-8-33(52-3)32(16-26)31-19-35(55-11-5-6-36(50)51)34(53-4)17-27(31)23-49(37-46-20-30(21-47-37)48-9-12-54-13-10-48)22-25-14-28(38(40,41)42)18-29(15-25)39(43,44)45/h7-8,14-21,24H,5-6,9-13,22-23H2,1-4H3,(H,50,51). The number of carboxylic acid groups (broad SMARTS) is 1. The highest BCUT2D eigenvalue weighted by Gasteiger charge is 2.37. The molecule has 1 fully saturated rings. The first-order valence-corrected chi connectivity index (χ1v) is 17.5. The Balaban J connectivity index is 1.67. The van der Waals surface area contributed by atoms with Gasteiger partial charge in [-0.25, -0.2) is 9.97 Å². The van der Waals surface area contributed by atoms with Gasteiger partial charge >= 0.3 is 18.3 Å². The molecular weight excluding hydrogens is 734 g/mol. The average molecular weight is 777 g/mol. The molecule has 10 nitrogen and oxygen atoms in total. The van der Waals surface area contributed by atoms with Crippen LogP contribution in [0.2, 0.25) is 0 Å². The minimum Gasteiger partial charge on any atom is -0.496 e. The van der Waals surface area contributed by atoms with Gasteiger partial charge in [-0.1, -0.05) is 19.9 Å². The first-order chi connectivity index (χ1) is 26.1. The lowest BCUT2D eigenvalue weighted by Crippen LogP contribution is -2.36. The zero-order valence-corrected chi connectivity index (χ0v) is 30.8. The first kappa shape index (κ1) is 40.9. The molecular formula is C39H42F6N4O6. The molecule has 4 aromatic rings. The van der Waals surface area contributed by atoms with E-state index in [0.717, 1.165) is 5.56 Å². The Kier molecular flexibility index (Phi) is 13.0. The van der Waals surface area contributed by atoms with Crippen LogP contribution >= 0.6 is 0 Å². The minimum absolute atomic E-state index is 0.0461. The molecule has 2 heterocycles. The van der Waals surface area contributed by atoms with E-state index in [9.17, 15) is 31.1 Å². The number of alkyl halides is 6. The predicted molar refractivity (Wildman–Crippen MR) is 193 cm³/mol. The number of halogens is 6. The molecule has 0 unspecified atom stereocenters. The predicted octanol–water partition coefficient (Wildman–Crippen LogP) is 8.61. The minimum atomic E-state index is -5.05. The Morgan fingerprint density at radius 1 is 0.855 bits per heavy atom. The summed E-state index contributed by atoms with van der Waals surface area (Å²) in [5.41, 5.74) is 0.196. The maximum Gasteiger partial charge on any atom is 0.416 e. The van der Waals surface area contributed by atoms with Gasteiger partial charge in [0.25, 0.3) is 0 Å². The Morgan fingerprint density at radius 3 is 2.05 bits per heavy atom. The van der Waals surface area contributed by atoms with Crippen molar-refractivity contribution >= 4 is 17.6 Å². The number of hydrogen-bond donors (Lipinski definition) is 1. The average Bonchev–Trinajstić information content (AvgIpc) is 3.15. The second kappa shape index (κ2) is 17.5. The van der Waals surface area contributed by atoms with Crippen molar-refractivity contribution in [1.82, 2.24) is 9.97 Å². The summed E-state index contributed by atoms with van der Waals surface area (Å²) in [6, 6.07) is 10.5. The van der Waals surface area contributed by atoms with Gasteiger partial charge in [-0.2, -0.15) is 26.3 Å². The van der Waals surface area contributed by atoms with E-state index in [2.05, 4.69) is 9.97 Å². The van der Waals surface area contributed by atoms with Crippen molar-refractivity contribution in [3.8, 4) is 28.4 Å². The molecule has 296 valence electrons.